The SMILES string of the molecule is Cc1c(NC(=O)c2ccc(CNCCO)cn2)cccc1-c1cccc2c1CCN2C(=O)c1cc2n(n1)CCCC2=O. The molecular formula is C32H32N6O4. The number of aliphatic hydroxyl groups excluding tert-OH is 1. The van der Waals surface area contributed by atoms with Gasteiger partial charge in [-0.1, -0.05) is 30.3 Å². The fourth-order valence-corrected chi connectivity index (χ4v) is 5.69. The summed E-state index contributed by atoms with van der Waals surface area (Å²) in [5.41, 5.74) is 7.50. The van der Waals surface area contributed by atoms with E-state index in [0.29, 0.717) is 61.8 Å². The van der Waals surface area contributed by atoms with E-state index < -0.39 is 0 Å². The Labute approximate surface area is 243 Å². The number of amides is 2. The van der Waals surface area contributed by atoms with Gasteiger partial charge in [-0.15, -0.1) is 0 Å². The zero-order chi connectivity index (χ0) is 29.2. The molecule has 4 heterocycles. The molecule has 0 bridgehead atoms. The molecule has 0 radical (unpaired) electrons. The number of aliphatic hydroxyl groups is 1. The van der Waals surface area contributed by atoms with Gasteiger partial charge in [0.1, 0.15) is 11.4 Å². The van der Waals surface area contributed by atoms with Gasteiger partial charge in [0, 0.05) is 56.2 Å². The number of fused-ring (bicyclic) bond motifs is 2. The quantitative estimate of drug-likeness (QED) is 0.278. The summed E-state index contributed by atoms with van der Waals surface area (Å²) < 4.78 is 1.65. The number of pyridine rings is 1. The Kier molecular flexibility index (Phi) is 7.64. The maximum absolute atomic E-state index is 13.5. The van der Waals surface area contributed by atoms with E-state index in [0.717, 1.165) is 39.9 Å². The molecule has 2 aliphatic heterocycles. The van der Waals surface area contributed by atoms with Crippen molar-refractivity contribution in [3.8, 4) is 11.1 Å². The monoisotopic (exact) mass is 564 g/mol. The van der Waals surface area contributed by atoms with Gasteiger partial charge in [-0.05, 0) is 65.8 Å². The number of hydrogen-bond acceptors (Lipinski definition) is 7. The first kappa shape index (κ1) is 27.5. The molecule has 0 saturated carbocycles. The van der Waals surface area contributed by atoms with Gasteiger partial charge in [0.25, 0.3) is 11.8 Å². The molecule has 0 aliphatic carbocycles. The van der Waals surface area contributed by atoms with Gasteiger partial charge in [0.05, 0.1) is 6.61 Å². The van der Waals surface area contributed by atoms with Crippen LogP contribution in [0.15, 0.2) is 60.8 Å². The van der Waals surface area contributed by atoms with Crippen LogP contribution in [0, 0.1) is 6.92 Å². The second kappa shape index (κ2) is 11.7. The van der Waals surface area contributed by atoms with E-state index in [1.165, 1.54) is 0 Å². The van der Waals surface area contributed by atoms with E-state index >= 15 is 0 Å². The van der Waals surface area contributed by atoms with Gasteiger partial charge in [-0.3, -0.25) is 24.0 Å². The van der Waals surface area contributed by atoms with Crippen molar-refractivity contribution in [2.24, 2.45) is 0 Å². The van der Waals surface area contributed by atoms with E-state index in [9.17, 15) is 14.4 Å². The third kappa shape index (κ3) is 5.22. The Morgan fingerprint density at radius 1 is 1.00 bits per heavy atom. The smallest absolute Gasteiger partial charge is 0.278 e. The number of anilines is 2. The van der Waals surface area contributed by atoms with Gasteiger partial charge in [-0.2, -0.15) is 5.10 Å². The molecule has 2 aliphatic rings. The van der Waals surface area contributed by atoms with Crippen LogP contribution in [-0.2, 0) is 19.5 Å². The van der Waals surface area contributed by atoms with Gasteiger partial charge >= 0.3 is 0 Å². The van der Waals surface area contributed by atoms with Crippen molar-refractivity contribution in [1.82, 2.24) is 20.1 Å². The van der Waals surface area contributed by atoms with E-state index in [2.05, 4.69) is 20.7 Å². The Morgan fingerprint density at radius 2 is 1.83 bits per heavy atom. The molecule has 2 aromatic heterocycles. The lowest BCUT2D eigenvalue weighted by Gasteiger charge is -2.18. The number of Topliss-reactive ketones (excluding diaryl/α,β-unsaturated/α-hetero) is 1. The van der Waals surface area contributed by atoms with Gasteiger partial charge in [0.2, 0.25) is 0 Å². The van der Waals surface area contributed by atoms with Crippen molar-refractivity contribution >= 4 is 29.0 Å². The second-order valence-electron chi connectivity index (χ2n) is 10.6. The fraction of sp³-hybridized carbons (Fsp3) is 0.281. The van der Waals surface area contributed by atoms with Gasteiger partial charge in [0.15, 0.2) is 11.5 Å². The van der Waals surface area contributed by atoms with Crippen LogP contribution < -0.4 is 15.5 Å². The lowest BCUT2D eigenvalue weighted by atomic mass is 9.93. The number of benzene rings is 2. The molecule has 0 unspecified atom stereocenters. The average molecular weight is 565 g/mol. The Hall–Kier alpha value is -4.67. The van der Waals surface area contributed by atoms with E-state index in [1.807, 2.05) is 49.4 Å². The minimum Gasteiger partial charge on any atom is -0.395 e. The van der Waals surface area contributed by atoms with Crippen LogP contribution >= 0.6 is 0 Å². The zero-order valence-electron chi connectivity index (χ0n) is 23.4. The topological polar surface area (TPSA) is 129 Å². The zero-order valence-corrected chi connectivity index (χ0v) is 23.4. The molecule has 3 N–H and O–H groups in total. The Bertz CT molecular complexity index is 1680. The van der Waals surface area contributed by atoms with Crippen molar-refractivity contribution in [3.05, 3.63) is 94.6 Å². The van der Waals surface area contributed by atoms with Crippen LogP contribution in [0.1, 0.15) is 61.0 Å². The molecule has 4 aromatic rings. The molecule has 42 heavy (non-hydrogen) atoms. The highest BCUT2D eigenvalue weighted by molar-refractivity contribution is 6.08. The van der Waals surface area contributed by atoms with Crippen LogP contribution in [-0.4, -0.2) is 57.2 Å². The largest absolute Gasteiger partial charge is 0.395 e. The summed E-state index contributed by atoms with van der Waals surface area (Å²) >= 11 is 0. The molecule has 2 aromatic carbocycles. The number of rotatable bonds is 8. The third-order valence-corrected chi connectivity index (χ3v) is 7.88. The Morgan fingerprint density at radius 3 is 2.62 bits per heavy atom. The molecule has 0 atom stereocenters. The predicted molar refractivity (Wildman–Crippen MR) is 159 cm³/mol. The van der Waals surface area contributed by atoms with Crippen molar-refractivity contribution in [3.63, 3.8) is 0 Å². The first-order valence-corrected chi connectivity index (χ1v) is 14.2. The normalized spacial score (nSPS) is 14.0. The number of aryl methyl sites for hydroxylation is 1. The highest BCUT2D eigenvalue weighted by Gasteiger charge is 2.31. The van der Waals surface area contributed by atoms with Gasteiger partial charge < -0.3 is 20.6 Å². The van der Waals surface area contributed by atoms with E-state index in [4.69, 9.17) is 5.11 Å². The van der Waals surface area contributed by atoms with E-state index in [-0.39, 0.29) is 24.2 Å². The lowest BCUT2D eigenvalue weighted by molar-refractivity contribution is 0.0948. The van der Waals surface area contributed by atoms with Crippen LogP contribution in [0.25, 0.3) is 11.1 Å². The van der Waals surface area contributed by atoms with Crippen LogP contribution in [0.2, 0.25) is 0 Å². The number of nitrogens with zero attached hydrogens (tertiary/aromatic N) is 4. The van der Waals surface area contributed by atoms with Crippen molar-refractivity contribution in [1.29, 1.82) is 0 Å². The number of nitrogens with one attached hydrogen (secondary N) is 2. The molecular weight excluding hydrogens is 532 g/mol. The number of carbonyl (C=O) groups excluding carboxylic acids is 3. The standard InChI is InChI=1S/C32H32N6O4/c1-20-22(5-2-7-25(20)35-31(41)26-11-10-21(19-34-26)18-33-13-16-39)23-6-3-8-28-24(23)12-15-37(28)32(42)27-17-29-30(40)9-4-14-38(29)36-27/h2-3,5-8,10-11,17,19,33,39H,4,9,12-16,18H2,1H3,(H,35,41). The average Bonchev–Trinajstić information content (AvgIpc) is 3.64. The first-order valence-electron chi connectivity index (χ1n) is 14.2. The van der Waals surface area contributed by atoms with Gasteiger partial charge in [-0.25, -0.2) is 0 Å². The summed E-state index contributed by atoms with van der Waals surface area (Å²) in [6, 6.07) is 16.9. The van der Waals surface area contributed by atoms with Crippen LogP contribution in [0.3, 0.4) is 0 Å². The maximum Gasteiger partial charge on any atom is 0.278 e. The van der Waals surface area contributed by atoms with Crippen molar-refractivity contribution in [2.45, 2.75) is 39.3 Å². The lowest BCUT2D eigenvalue weighted by Crippen LogP contribution is -2.29. The molecule has 214 valence electrons. The number of carbonyl (C=O) groups is 3. The summed E-state index contributed by atoms with van der Waals surface area (Å²) in [6.45, 7) is 4.25. The third-order valence-electron chi connectivity index (χ3n) is 7.88. The maximum atomic E-state index is 13.5. The number of aromatic nitrogens is 3. The summed E-state index contributed by atoms with van der Waals surface area (Å²) in [5, 5.41) is 19.4. The first-order chi connectivity index (χ1) is 20.4. The predicted octanol–water partition coefficient (Wildman–Crippen LogP) is 3.77. The molecule has 10 nitrogen and oxygen atoms in total. The summed E-state index contributed by atoms with van der Waals surface area (Å²) in [4.78, 5) is 44.9. The molecule has 10 heteroatoms. The van der Waals surface area contributed by atoms with Crippen molar-refractivity contribution < 1.29 is 19.5 Å². The highest BCUT2D eigenvalue weighted by atomic mass is 16.3. The molecule has 6 rings (SSSR count). The minimum absolute atomic E-state index is 0.0266. The summed E-state index contributed by atoms with van der Waals surface area (Å²) in [5.74, 6) is -0.485. The Balaban J connectivity index is 1.22. The number of hydrogen-bond donors (Lipinski definition) is 3. The van der Waals surface area contributed by atoms with Crippen LogP contribution in [0.4, 0.5) is 11.4 Å². The molecule has 0 saturated heterocycles. The highest BCUT2D eigenvalue weighted by Crippen LogP contribution is 2.39. The molecule has 0 fully saturated rings. The second-order valence-corrected chi connectivity index (χ2v) is 10.6. The minimum atomic E-state index is -0.304. The number of ketones is 1. The van der Waals surface area contributed by atoms with Crippen molar-refractivity contribution in [2.75, 3.05) is 29.9 Å². The summed E-state index contributed by atoms with van der Waals surface area (Å²) in [7, 11) is 0. The molecule has 2 amide bonds. The molecule has 0 spiro atoms. The van der Waals surface area contributed by atoms with E-state index in [1.54, 1.807) is 27.9 Å². The van der Waals surface area contributed by atoms with Crippen LogP contribution in [0.5, 0.6) is 0 Å². The fourth-order valence-electron chi connectivity index (χ4n) is 5.69. The summed E-state index contributed by atoms with van der Waals surface area (Å²) in [6.07, 6.45) is 3.56.